The molecule has 0 bridgehead atoms. The first-order chi connectivity index (χ1) is 10.5. The molecule has 2 heterocycles. The number of nitriles is 1. The minimum atomic E-state index is -1.49. The number of thioether (sulfide) groups is 1. The fourth-order valence-electron chi connectivity index (χ4n) is 3.14. The third-order valence-electron chi connectivity index (χ3n) is 4.11. The molecule has 22 heavy (non-hydrogen) atoms. The van der Waals surface area contributed by atoms with E-state index >= 15 is 0 Å². The number of methoxy groups -OCH3 is 2. The van der Waals surface area contributed by atoms with E-state index in [1.807, 2.05) is 6.92 Å². The van der Waals surface area contributed by atoms with Crippen molar-refractivity contribution in [2.75, 3.05) is 27.3 Å². The van der Waals surface area contributed by atoms with Crippen molar-refractivity contribution in [2.45, 2.75) is 36.2 Å². The molecule has 0 N–H and O–H groups in total. The summed E-state index contributed by atoms with van der Waals surface area (Å²) in [5.41, 5.74) is 1.41. The number of carbonyl (C=O) groups excluding carboxylic acids is 2. The Balaban J connectivity index is 2.45. The van der Waals surface area contributed by atoms with Gasteiger partial charge in [-0.1, -0.05) is 0 Å². The fourth-order valence-corrected chi connectivity index (χ4v) is 4.73. The van der Waals surface area contributed by atoms with Crippen LogP contribution in [0, 0.1) is 11.3 Å². The first-order valence-electron chi connectivity index (χ1n) is 7.23. The van der Waals surface area contributed by atoms with Crippen molar-refractivity contribution in [3.05, 3.63) is 11.3 Å². The molecule has 2 aliphatic heterocycles. The van der Waals surface area contributed by atoms with Crippen LogP contribution in [0.1, 0.15) is 26.2 Å². The van der Waals surface area contributed by atoms with Gasteiger partial charge in [-0.25, -0.2) is 9.59 Å². The maximum Gasteiger partial charge on any atom is 0.333 e. The lowest BCUT2D eigenvalue weighted by Gasteiger charge is -2.38. The molecule has 0 aromatic heterocycles. The summed E-state index contributed by atoms with van der Waals surface area (Å²) < 4.78 is 8.13. The Hall–Kier alpha value is -1.68. The monoisotopic (exact) mass is 324 g/mol. The van der Waals surface area contributed by atoms with Gasteiger partial charge in [0.15, 0.2) is 0 Å². The standard InChI is InChI=1S/C15H20N2O4S/c1-10-12(17-6-4-5-7-17)11(9-16)8-15(22-10,13(18)20-2)14(19)21-3/h10H,4-8H2,1-3H3. The molecule has 120 valence electrons. The minimum Gasteiger partial charge on any atom is -0.468 e. The predicted octanol–water partition coefficient (Wildman–Crippen LogP) is 1.47. The number of esters is 2. The molecule has 1 atom stereocenters. The van der Waals surface area contributed by atoms with E-state index in [9.17, 15) is 14.9 Å². The lowest BCUT2D eigenvalue weighted by atomic mass is 9.95. The van der Waals surface area contributed by atoms with Crippen molar-refractivity contribution in [1.82, 2.24) is 4.90 Å². The van der Waals surface area contributed by atoms with Gasteiger partial charge in [0.05, 0.1) is 25.9 Å². The molecule has 2 aliphatic rings. The zero-order valence-corrected chi connectivity index (χ0v) is 13.9. The van der Waals surface area contributed by atoms with Crippen molar-refractivity contribution in [3.8, 4) is 6.07 Å². The van der Waals surface area contributed by atoms with E-state index < -0.39 is 16.7 Å². The van der Waals surface area contributed by atoms with Crippen molar-refractivity contribution in [3.63, 3.8) is 0 Å². The first kappa shape index (κ1) is 16.7. The van der Waals surface area contributed by atoms with Gasteiger partial charge in [0.25, 0.3) is 0 Å². The van der Waals surface area contributed by atoms with Crippen LogP contribution >= 0.6 is 11.8 Å². The molecule has 7 heteroatoms. The number of ether oxygens (including phenoxy) is 2. The van der Waals surface area contributed by atoms with E-state index in [1.165, 1.54) is 26.0 Å². The number of likely N-dealkylation sites (tertiary alicyclic amines) is 1. The maximum absolute atomic E-state index is 12.2. The van der Waals surface area contributed by atoms with Crippen LogP contribution in [0.4, 0.5) is 0 Å². The summed E-state index contributed by atoms with van der Waals surface area (Å²) in [6.07, 6.45) is 2.21. The second-order valence-corrected chi connectivity index (χ2v) is 7.06. The number of hydrogen-bond donors (Lipinski definition) is 0. The zero-order valence-electron chi connectivity index (χ0n) is 13.0. The molecule has 0 saturated carbocycles. The number of carbonyl (C=O) groups is 2. The smallest absolute Gasteiger partial charge is 0.333 e. The summed E-state index contributed by atoms with van der Waals surface area (Å²) >= 11 is 1.21. The molecule has 0 aromatic carbocycles. The van der Waals surface area contributed by atoms with Gasteiger partial charge in [-0.2, -0.15) is 5.26 Å². The quantitative estimate of drug-likeness (QED) is 0.574. The van der Waals surface area contributed by atoms with E-state index in [-0.39, 0.29) is 11.7 Å². The normalized spacial score (nSPS) is 23.9. The van der Waals surface area contributed by atoms with Crippen LogP contribution in [-0.2, 0) is 19.1 Å². The van der Waals surface area contributed by atoms with Gasteiger partial charge in [-0.15, -0.1) is 11.8 Å². The molecule has 6 nitrogen and oxygen atoms in total. The summed E-state index contributed by atoms with van der Waals surface area (Å²) in [5, 5.41) is 9.38. The molecule has 1 unspecified atom stereocenters. The maximum atomic E-state index is 12.2. The molecule has 0 aromatic rings. The molecular formula is C15H20N2O4S. The molecular weight excluding hydrogens is 304 g/mol. The van der Waals surface area contributed by atoms with Crippen LogP contribution in [-0.4, -0.2) is 54.1 Å². The summed E-state index contributed by atoms with van der Waals surface area (Å²) in [5.74, 6) is -1.33. The van der Waals surface area contributed by atoms with Crippen LogP contribution in [0.15, 0.2) is 11.3 Å². The second-order valence-electron chi connectivity index (χ2n) is 5.42. The first-order valence-corrected chi connectivity index (χ1v) is 8.11. The van der Waals surface area contributed by atoms with Crippen LogP contribution in [0.2, 0.25) is 0 Å². The third-order valence-corrected chi connectivity index (χ3v) is 5.57. The Morgan fingerprint density at radius 3 is 2.27 bits per heavy atom. The summed E-state index contributed by atoms with van der Waals surface area (Å²) in [6.45, 7) is 3.74. The Labute approximate surface area is 134 Å². The van der Waals surface area contributed by atoms with Gasteiger partial charge in [-0.3, -0.25) is 0 Å². The van der Waals surface area contributed by atoms with Gasteiger partial charge < -0.3 is 14.4 Å². The minimum absolute atomic E-state index is 0.0175. The van der Waals surface area contributed by atoms with Crippen LogP contribution in [0.3, 0.4) is 0 Å². The number of nitrogens with zero attached hydrogens (tertiary/aromatic N) is 2. The molecule has 2 rings (SSSR count). The summed E-state index contributed by atoms with van der Waals surface area (Å²) in [6, 6.07) is 2.18. The van der Waals surface area contributed by atoms with Crippen LogP contribution in [0.25, 0.3) is 0 Å². The topological polar surface area (TPSA) is 79.6 Å². The number of allylic oxidation sites excluding steroid dienone is 1. The average Bonchev–Trinajstić information content (AvgIpc) is 3.05. The number of hydrogen-bond acceptors (Lipinski definition) is 7. The lowest BCUT2D eigenvalue weighted by molar-refractivity contribution is -0.155. The van der Waals surface area contributed by atoms with Crippen molar-refractivity contribution < 1.29 is 19.1 Å². The predicted molar refractivity (Wildman–Crippen MR) is 81.9 cm³/mol. The average molecular weight is 324 g/mol. The van der Waals surface area contributed by atoms with Crippen molar-refractivity contribution in [1.29, 1.82) is 5.26 Å². The summed E-state index contributed by atoms with van der Waals surface area (Å²) in [7, 11) is 2.48. The highest BCUT2D eigenvalue weighted by Crippen LogP contribution is 2.46. The van der Waals surface area contributed by atoms with E-state index in [0.29, 0.717) is 5.57 Å². The molecule has 0 amide bonds. The van der Waals surface area contributed by atoms with E-state index in [2.05, 4.69) is 11.0 Å². The Morgan fingerprint density at radius 2 is 1.82 bits per heavy atom. The van der Waals surface area contributed by atoms with Gasteiger partial charge in [0.1, 0.15) is 0 Å². The van der Waals surface area contributed by atoms with Crippen LogP contribution in [0.5, 0.6) is 0 Å². The Kier molecular flexibility index (Phi) is 5.01. The zero-order chi connectivity index (χ0) is 16.3. The molecule has 1 saturated heterocycles. The van der Waals surface area contributed by atoms with Crippen LogP contribution < -0.4 is 0 Å². The van der Waals surface area contributed by atoms with Gasteiger partial charge in [-0.05, 0) is 19.8 Å². The van der Waals surface area contributed by atoms with E-state index in [0.717, 1.165) is 31.6 Å². The van der Waals surface area contributed by atoms with Gasteiger partial charge in [0, 0.05) is 30.5 Å². The van der Waals surface area contributed by atoms with Crippen molar-refractivity contribution >= 4 is 23.7 Å². The molecule has 0 radical (unpaired) electrons. The highest BCUT2D eigenvalue weighted by atomic mass is 32.2. The Morgan fingerprint density at radius 1 is 1.27 bits per heavy atom. The SMILES string of the molecule is COC(=O)C1(C(=O)OC)CC(C#N)=C(N2CCCC2)C(C)S1. The molecule has 0 aliphatic carbocycles. The summed E-state index contributed by atoms with van der Waals surface area (Å²) in [4.78, 5) is 26.7. The number of rotatable bonds is 3. The van der Waals surface area contributed by atoms with E-state index in [1.54, 1.807) is 0 Å². The Bertz CT molecular complexity index is 530. The molecule has 0 spiro atoms. The fraction of sp³-hybridized carbons (Fsp3) is 0.667. The van der Waals surface area contributed by atoms with Gasteiger partial charge in [0.2, 0.25) is 4.75 Å². The highest BCUT2D eigenvalue weighted by Gasteiger charge is 2.54. The van der Waals surface area contributed by atoms with E-state index in [4.69, 9.17) is 9.47 Å². The third kappa shape index (κ3) is 2.68. The molecule has 1 fully saturated rings. The van der Waals surface area contributed by atoms with Gasteiger partial charge >= 0.3 is 11.9 Å². The lowest BCUT2D eigenvalue weighted by Crippen LogP contribution is -2.50. The van der Waals surface area contributed by atoms with Crippen molar-refractivity contribution in [2.24, 2.45) is 0 Å². The largest absolute Gasteiger partial charge is 0.468 e. The highest BCUT2D eigenvalue weighted by molar-refractivity contribution is 8.03. The second kappa shape index (κ2) is 6.61.